The molecule has 0 atom stereocenters. The smallest absolute Gasteiger partial charge is 0.266 e. The number of halogens is 1. The fraction of sp³-hybridized carbons (Fsp3) is 0.222. The zero-order valence-electron chi connectivity index (χ0n) is 21.0. The van der Waals surface area contributed by atoms with E-state index >= 15 is 0 Å². The molecule has 0 saturated carbocycles. The molecule has 0 aliphatic carbocycles. The average molecular weight is 585 g/mol. The molecule has 39 heavy (non-hydrogen) atoms. The number of aryl methyl sites for hydroxylation is 1. The lowest BCUT2D eigenvalue weighted by Crippen LogP contribution is -2.40. The van der Waals surface area contributed by atoms with Gasteiger partial charge in [-0.05, 0) is 61.0 Å². The number of hydrogen-bond acceptors (Lipinski definition) is 7. The minimum Gasteiger partial charge on any atom is -0.379 e. The van der Waals surface area contributed by atoms with Crippen LogP contribution in [0, 0.1) is 6.92 Å². The van der Waals surface area contributed by atoms with E-state index in [-0.39, 0.29) is 22.1 Å². The molecule has 12 heteroatoms. The highest BCUT2D eigenvalue weighted by Crippen LogP contribution is 2.25. The molecule has 5 rings (SSSR count). The van der Waals surface area contributed by atoms with Gasteiger partial charge in [0.2, 0.25) is 15.9 Å². The number of aromatic nitrogens is 2. The molecule has 0 spiro atoms. The third-order valence-corrected chi connectivity index (χ3v) is 9.50. The fourth-order valence-corrected chi connectivity index (χ4v) is 6.53. The number of rotatable bonds is 7. The predicted molar refractivity (Wildman–Crippen MR) is 152 cm³/mol. The second kappa shape index (κ2) is 11.5. The second-order valence-corrected chi connectivity index (χ2v) is 12.2. The van der Waals surface area contributed by atoms with E-state index in [1.165, 1.54) is 21.0 Å². The summed E-state index contributed by atoms with van der Waals surface area (Å²) in [5.41, 5.74) is 2.14. The van der Waals surface area contributed by atoms with Gasteiger partial charge < -0.3 is 10.1 Å². The molecule has 2 heterocycles. The average Bonchev–Trinajstić information content (AvgIpc) is 2.94. The van der Waals surface area contributed by atoms with Gasteiger partial charge in [-0.3, -0.25) is 14.2 Å². The van der Waals surface area contributed by atoms with Crippen molar-refractivity contribution in [2.75, 3.05) is 37.4 Å². The number of morpholine rings is 1. The van der Waals surface area contributed by atoms with Crippen LogP contribution >= 0.6 is 23.4 Å². The summed E-state index contributed by atoms with van der Waals surface area (Å²) < 4.78 is 33.7. The van der Waals surface area contributed by atoms with Crippen LogP contribution < -0.4 is 10.9 Å². The second-order valence-electron chi connectivity index (χ2n) is 8.86. The number of nitrogens with one attached hydrogen (secondary N) is 1. The SMILES string of the molecule is Cc1ccc(-n2c(SCC(=O)Nc3ccc(S(=O)(=O)N4CCOCC4)cc3)nc3ccccc3c2=O)cc1Cl. The summed E-state index contributed by atoms with van der Waals surface area (Å²) in [5.74, 6) is -0.363. The van der Waals surface area contributed by atoms with E-state index in [9.17, 15) is 18.0 Å². The lowest BCUT2D eigenvalue weighted by molar-refractivity contribution is -0.113. The first-order valence-electron chi connectivity index (χ1n) is 12.1. The first-order valence-corrected chi connectivity index (χ1v) is 14.9. The highest BCUT2D eigenvalue weighted by molar-refractivity contribution is 7.99. The largest absolute Gasteiger partial charge is 0.379 e. The van der Waals surface area contributed by atoms with Gasteiger partial charge in [-0.15, -0.1) is 0 Å². The van der Waals surface area contributed by atoms with Crippen molar-refractivity contribution in [3.8, 4) is 5.69 Å². The number of carbonyl (C=O) groups excluding carboxylic acids is 1. The van der Waals surface area contributed by atoms with Gasteiger partial charge in [0.05, 0.1) is 40.5 Å². The van der Waals surface area contributed by atoms with Gasteiger partial charge in [-0.2, -0.15) is 4.31 Å². The number of nitrogens with zero attached hydrogens (tertiary/aromatic N) is 3. The molecule has 1 amide bonds. The third-order valence-electron chi connectivity index (χ3n) is 6.24. The van der Waals surface area contributed by atoms with E-state index in [4.69, 9.17) is 16.3 Å². The van der Waals surface area contributed by atoms with E-state index in [2.05, 4.69) is 10.3 Å². The summed E-state index contributed by atoms with van der Waals surface area (Å²) in [6.45, 7) is 3.21. The number of carbonyl (C=O) groups is 1. The van der Waals surface area contributed by atoms with Gasteiger partial charge in [0, 0.05) is 23.8 Å². The maximum absolute atomic E-state index is 13.4. The Bertz CT molecular complexity index is 1700. The van der Waals surface area contributed by atoms with Gasteiger partial charge in [0.15, 0.2) is 5.16 Å². The summed E-state index contributed by atoms with van der Waals surface area (Å²) in [4.78, 5) is 31.0. The summed E-state index contributed by atoms with van der Waals surface area (Å²) in [5, 5.41) is 4.09. The molecule has 0 bridgehead atoms. The molecule has 1 aliphatic rings. The number of ether oxygens (including phenoxy) is 1. The Balaban J connectivity index is 1.34. The Labute approximate surface area is 234 Å². The molecule has 9 nitrogen and oxygen atoms in total. The Morgan fingerprint density at radius 1 is 1.08 bits per heavy atom. The molecule has 1 fully saturated rings. The maximum Gasteiger partial charge on any atom is 0.266 e. The lowest BCUT2D eigenvalue weighted by atomic mass is 10.2. The van der Waals surface area contributed by atoms with Gasteiger partial charge in [-0.1, -0.05) is 41.6 Å². The van der Waals surface area contributed by atoms with Crippen molar-refractivity contribution in [1.29, 1.82) is 0 Å². The molecule has 1 aliphatic heterocycles. The minimum atomic E-state index is -3.63. The van der Waals surface area contributed by atoms with Crippen LogP contribution in [0.25, 0.3) is 16.6 Å². The molecule has 3 aromatic carbocycles. The van der Waals surface area contributed by atoms with Gasteiger partial charge in [-0.25, -0.2) is 13.4 Å². The van der Waals surface area contributed by atoms with E-state index in [1.807, 2.05) is 13.0 Å². The number of thioether (sulfide) groups is 1. The molecule has 1 saturated heterocycles. The highest BCUT2D eigenvalue weighted by atomic mass is 35.5. The van der Waals surface area contributed by atoms with Crippen LogP contribution in [0.4, 0.5) is 5.69 Å². The molecular formula is C27H25ClN4O5S2. The Morgan fingerprint density at radius 2 is 1.79 bits per heavy atom. The van der Waals surface area contributed by atoms with Crippen LogP contribution in [-0.2, 0) is 19.6 Å². The fourth-order valence-electron chi connectivity index (χ4n) is 4.13. The van der Waals surface area contributed by atoms with E-state index < -0.39 is 10.0 Å². The van der Waals surface area contributed by atoms with Crippen LogP contribution in [0.5, 0.6) is 0 Å². The number of hydrogen-bond donors (Lipinski definition) is 1. The first kappa shape index (κ1) is 27.4. The quantitative estimate of drug-likeness (QED) is 0.257. The van der Waals surface area contributed by atoms with Crippen molar-refractivity contribution < 1.29 is 17.9 Å². The lowest BCUT2D eigenvalue weighted by Gasteiger charge is -2.26. The first-order chi connectivity index (χ1) is 18.7. The zero-order valence-corrected chi connectivity index (χ0v) is 23.4. The molecule has 1 N–H and O–H groups in total. The zero-order chi connectivity index (χ0) is 27.6. The Morgan fingerprint density at radius 3 is 2.51 bits per heavy atom. The van der Waals surface area contributed by atoms with E-state index in [0.29, 0.717) is 58.8 Å². The number of sulfonamides is 1. The van der Waals surface area contributed by atoms with E-state index in [1.54, 1.807) is 48.5 Å². The van der Waals surface area contributed by atoms with Crippen LogP contribution in [0.1, 0.15) is 5.56 Å². The highest BCUT2D eigenvalue weighted by Gasteiger charge is 2.26. The van der Waals surface area contributed by atoms with Crippen LogP contribution in [0.3, 0.4) is 0 Å². The number of benzene rings is 3. The minimum absolute atomic E-state index is 0.0296. The number of amides is 1. The maximum atomic E-state index is 13.4. The van der Waals surface area contributed by atoms with Crippen molar-refractivity contribution in [2.45, 2.75) is 17.0 Å². The molecular weight excluding hydrogens is 560 g/mol. The van der Waals surface area contributed by atoms with Crippen molar-refractivity contribution >= 4 is 55.9 Å². The number of anilines is 1. The number of para-hydroxylation sites is 1. The van der Waals surface area contributed by atoms with Gasteiger partial charge >= 0.3 is 0 Å². The molecule has 202 valence electrons. The van der Waals surface area contributed by atoms with Crippen molar-refractivity contribution in [1.82, 2.24) is 13.9 Å². The standard InChI is InChI=1S/C27H25ClN4O5S2/c1-18-6-9-20(16-23(18)28)32-26(34)22-4-2-3-5-24(22)30-27(32)38-17-25(33)29-19-7-10-21(11-8-19)39(35,36)31-12-14-37-15-13-31/h2-11,16H,12-15,17H2,1H3,(H,29,33). The summed E-state index contributed by atoms with van der Waals surface area (Å²) in [6, 6.07) is 18.4. The Kier molecular flexibility index (Phi) is 8.06. The van der Waals surface area contributed by atoms with Crippen LogP contribution in [0.2, 0.25) is 5.02 Å². The molecule has 0 radical (unpaired) electrons. The van der Waals surface area contributed by atoms with E-state index in [0.717, 1.165) is 17.3 Å². The van der Waals surface area contributed by atoms with Crippen LogP contribution in [0.15, 0.2) is 81.6 Å². The number of fused-ring (bicyclic) bond motifs is 1. The molecule has 0 unspecified atom stereocenters. The van der Waals surface area contributed by atoms with Gasteiger partial charge in [0.25, 0.3) is 5.56 Å². The van der Waals surface area contributed by atoms with Gasteiger partial charge in [0.1, 0.15) is 0 Å². The summed E-state index contributed by atoms with van der Waals surface area (Å²) >= 11 is 7.45. The normalized spacial score (nSPS) is 14.4. The Hall–Kier alpha value is -3.22. The monoisotopic (exact) mass is 584 g/mol. The van der Waals surface area contributed by atoms with Crippen molar-refractivity contribution in [3.63, 3.8) is 0 Å². The van der Waals surface area contributed by atoms with Crippen molar-refractivity contribution in [2.24, 2.45) is 0 Å². The molecule has 4 aromatic rings. The summed E-state index contributed by atoms with van der Waals surface area (Å²) in [6.07, 6.45) is 0. The molecule has 1 aromatic heterocycles. The third kappa shape index (κ3) is 5.87. The van der Waals surface area contributed by atoms with Crippen LogP contribution in [-0.4, -0.2) is 60.2 Å². The predicted octanol–water partition coefficient (Wildman–Crippen LogP) is 4.10. The topological polar surface area (TPSA) is 111 Å². The summed E-state index contributed by atoms with van der Waals surface area (Å²) in [7, 11) is -3.63. The van der Waals surface area contributed by atoms with Crippen molar-refractivity contribution in [3.05, 3.63) is 87.7 Å².